The van der Waals surface area contributed by atoms with Gasteiger partial charge in [-0.15, -0.1) is 11.3 Å². The third-order valence-electron chi connectivity index (χ3n) is 7.67. The van der Waals surface area contributed by atoms with Crippen LogP contribution in [0.25, 0.3) is 53.5 Å². The van der Waals surface area contributed by atoms with Crippen molar-refractivity contribution in [2.24, 2.45) is 0 Å². The molecule has 192 valence electrons. The molecule has 5 aromatic carbocycles. The Morgan fingerprint density at radius 1 is 0.775 bits per heavy atom. The van der Waals surface area contributed by atoms with Crippen LogP contribution in [0.1, 0.15) is 11.1 Å². The van der Waals surface area contributed by atoms with Gasteiger partial charge in [-0.1, -0.05) is 97.6 Å². The summed E-state index contributed by atoms with van der Waals surface area (Å²) in [6.45, 7) is 4.01. The summed E-state index contributed by atoms with van der Waals surface area (Å²) in [5.41, 5.74) is 16.1. The van der Waals surface area contributed by atoms with Crippen molar-refractivity contribution >= 4 is 53.7 Å². The first kappa shape index (κ1) is 24.2. The van der Waals surface area contributed by atoms with Gasteiger partial charge in [0.25, 0.3) is 0 Å². The van der Waals surface area contributed by atoms with Crippen molar-refractivity contribution in [1.82, 2.24) is 4.57 Å². The number of nitrogen functional groups attached to an aromatic ring is 1. The van der Waals surface area contributed by atoms with Gasteiger partial charge in [0.1, 0.15) is 0 Å². The smallest absolute Gasteiger partial charge is 0.0591 e. The van der Waals surface area contributed by atoms with Crippen molar-refractivity contribution in [3.63, 3.8) is 0 Å². The fraction of sp³-hybridized carbons (Fsp3) is 0.0270. The fourth-order valence-corrected chi connectivity index (χ4v) is 6.90. The minimum Gasteiger partial charge on any atom is -0.397 e. The molecule has 0 spiro atoms. The maximum Gasteiger partial charge on any atom is 0.0591 e. The quantitative estimate of drug-likeness (QED) is 0.168. The van der Waals surface area contributed by atoms with E-state index in [0.717, 1.165) is 39.1 Å². The second-order valence-corrected chi connectivity index (χ2v) is 11.1. The molecule has 7 aromatic rings. The van der Waals surface area contributed by atoms with E-state index in [1.54, 1.807) is 11.3 Å². The van der Waals surface area contributed by atoms with Crippen LogP contribution in [0.4, 0.5) is 5.69 Å². The second kappa shape index (κ2) is 10.0. The third-order valence-corrected chi connectivity index (χ3v) is 8.89. The van der Waals surface area contributed by atoms with Crippen LogP contribution in [0.15, 0.2) is 140 Å². The number of rotatable bonds is 6. The number of anilines is 1. The zero-order chi connectivity index (χ0) is 27.1. The number of fused-ring (bicyclic) bond motifs is 4. The number of aromatic nitrogens is 1. The highest BCUT2D eigenvalue weighted by Gasteiger charge is 2.18. The summed E-state index contributed by atoms with van der Waals surface area (Å²) in [5.74, 6) is 0. The Balaban J connectivity index is 1.47. The van der Waals surface area contributed by atoms with Gasteiger partial charge in [0.15, 0.2) is 0 Å². The molecule has 2 N–H and O–H groups in total. The molecule has 0 radical (unpaired) electrons. The molecule has 3 heteroatoms. The number of allylic oxidation sites excluding steroid dienone is 3. The lowest BCUT2D eigenvalue weighted by atomic mass is 9.90. The molecule has 0 fully saturated rings. The molecule has 0 unspecified atom stereocenters. The van der Waals surface area contributed by atoms with E-state index >= 15 is 0 Å². The number of para-hydroxylation sites is 1. The minimum atomic E-state index is 0.766. The maximum atomic E-state index is 7.03. The van der Waals surface area contributed by atoms with Crippen molar-refractivity contribution in [3.8, 4) is 16.8 Å². The highest BCUT2D eigenvalue weighted by molar-refractivity contribution is 7.26. The summed E-state index contributed by atoms with van der Waals surface area (Å²) in [6.07, 6.45) is 6.92. The Kier molecular flexibility index (Phi) is 6.07. The molecule has 0 saturated carbocycles. The van der Waals surface area contributed by atoms with Gasteiger partial charge in [-0.3, -0.25) is 0 Å². The molecule has 0 aliphatic rings. The van der Waals surface area contributed by atoms with Crippen molar-refractivity contribution in [1.29, 1.82) is 0 Å². The molecule has 0 aliphatic heterocycles. The van der Waals surface area contributed by atoms with E-state index < -0.39 is 0 Å². The maximum absolute atomic E-state index is 7.03. The Hall–Kier alpha value is -4.86. The number of hydrogen-bond donors (Lipinski definition) is 1. The summed E-state index contributed by atoms with van der Waals surface area (Å²) in [6, 6.07) is 40.9. The highest BCUT2D eigenvalue weighted by atomic mass is 32.1. The molecule has 0 saturated heterocycles. The fourth-order valence-electron chi connectivity index (χ4n) is 5.74. The SMILES string of the molecule is C=C/C=C(\Cc1cc2ccn(-c3ccccc3)c2cc1-c1ccc2c(sc3ccccc32)c1N)c1ccccc1. The normalized spacial score (nSPS) is 11.9. The summed E-state index contributed by atoms with van der Waals surface area (Å²) >= 11 is 1.77. The number of nitrogens with zero attached hydrogens (tertiary/aromatic N) is 1. The van der Waals surface area contributed by atoms with Gasteiger partial charge in [-0.25, -0.2) is 0 Å². The van der Waals surface area contributed by atoms with Gasteiger partial charge in [0.2, 0.25) is 0 Å². The molecule has 0 atom stereocenters. The molecule has 40 heavy (non-hydrogen) atoms. The predicted octanol–water partition coefficient (Wildman–Crippen LogP) is 10.1. The number of benzene rings is 5. The Bertz CT molecular complexity index is 2040. The van der Waals surface area contributed by atoms with Crippen molar-refractivity contribution < 1.29 is 0 Å². The molecular formula is C37H28N2S. The van der Waals surface area contributed by atoms with Gasteiger partial charge in [0.05, 0.1) is 15.9 Å². The second-order valence-electron chi connectivity index (χ2n) is 10.1. The largest absolute Gasteiger partial charge is 0.397 e. The molecule has 0 bridgehead atoms. The van der Waals surface area contributed by atoms with Crippen molar-refractivity contribution in [2.75, 3.05) is 5.73 Å². The van der Waals surface area contributed by atoms with Crippen molar-refractivity contribution in [2.45, 2.75) is 6.42 Å². The Morgan fingerprint density at radius 3 is 2.33 bits per heavy atom. The van der Waals surface area contributed by atoms with Crippen LogP contribution in [0, 0.1) is 0 Å². The number of hydrogen-bond acceptors (Lipinski definition) is 2. The standard InChI is InChI=1S/C37H28N2S/c1-2-11-26(25-12-5-3-6-13-25)22-28-23-27-20-21-39(29-14-7-4-8-15-29)34(27)24-33(28)31-18-19-32-30-16-9-10-17-35(30)40-37(32)36(31)38/h2-21,23-24H,1,22,38H2/b26-11+. The predicted molar refractivity (Wildman–Crippen MR) is 174 cm³/mol. The molecule has 2 nitrogen and oxygen atoms in total. The third kappa shape index (κ3) is 4.12. The molecule has 2 heterocycles. The van der Waals surface area contributed by atoms with Crippen LogP contribution in [0.2, 0.25) is 0 Å². The Morgan fingerprint density at radius 2 is 1.52 bits per heavy atom. The van der Waals surface area contributed by atoms with E-state index in [-0.39, 0.29) is 0 Å². The topological polar surface area (TPSA) is 30.9 Å². The minimum absolute atomic E-state index is 0.766. The van der Waals surface area contributed by atoms with Crippen LogP contribution in [0.5, 0.6) is 0 Å². The molecule has 7 rings (SSSR count). The van der Waals surface area contributed by atoms with Crippen LogP contribution in [-0.2, 0) is 6.42 Å². The lowest BCUT2D eigenvalue weighted by Crippen LogP contribution is -1.99. The highest BCUT2D eigenvalue weighted by Crippen LogP contribution is 2.43. The summed E-state index contributed by atoms with van der Waals surface area (Å²) < 4.78 is 4.66. The van der Waals surface area contributed by atoms with Crippen molar-refractivity contribution in [3.05, 3.63) is 151 Å². The first-order valence-corrected chi connectivity index (χ1v) is 14.3. The zero-order valence-corrected chi connectivity index (χ0v) is 22.9. The molecular weight excluding hydrogens is 504 g/mol. The summed E-state index contributed by atoms with van der Waals surface area (Å²) in [5, 5.41) is 3.68. The van der Waals surface area contributed by atoms with E-state index in [2.05, 4.69) is 139 Å². The molecule has 2 aromatic heterocycles. The average Bonchev–Trinajstić information content (AvgIpc) is 3.59. The van der Waals surface area contributed by atoms with Crippen LogP contribution in [0.3, 0.4) is 0 Å². The average molecular weight is 533 g/mol. The Labute approximate surface area is 237 Å². The van der Waals surface area contributed by atoms with Gasteiger partial charge in [-0.2, -0.15) is 0 Å². The first-order valence-electron chi connectivity index (χ1n) is 13.5. The van der Waals surface area contributed by atoms with Crippen LogP contribution >= 0.6 is 11.3 Å². The number of thiophene rings is 1. The van der Waals surface area contributed by atoms with Crippen LogP contribution < -0.4 is 5.73 Å². The van der Waals surface area contributed by atoms with Gasteiger partial charge >= 0.3 is 0 Å². The zero-order valence-electron chi connectivity index (χ0n) is 22.0. The summed E-state index contributed by atoms with van der Waals surface area (Å²) in [4.78, 5) is 0. The van der Waals surface area contributed by atoms with Gasteiger partial charge in [0, 0.05) is 38.3 Å². The monoisotopic (exact) mass is 532 g/mol. The van der Waals surface area contributed by atoms with E-state index in [9.17, 15) is 0 Å². The lowest BCUT2D eigenvalue weighted by Gasteiger charge is -2.16. The van der Waals surface area contributed by atoms with E-state index in [1.165, 1.54) is 37.6 Å². The van der Waals surface area contributed by atoms with Gasteiger partial charge in [-0.05, 0) is 65.1 Å². The summed E-state index contributed by atoms with van der Waals surface area (Å²) in [7, 11) is 0. The van der Waals surface area contributed by atoms with E-state index in [1.807, 2.05) is 6.08 Å². The van der Waals surface area contributed by atoms with Crippen LogP contribution in [-0.4, -0.2) is 4.57 Å². The van der Waals surface area contributed by atoms with E-state index in [4.69, 9.17) is 5.73 Å². The van der Waals surface area contributed by atoms with E-state index in [0.29, 0.717) is 0 Å². The molecule has 0 amide bonds. The first-order chi connectivity index (χ1) is 19.7. The lowest BCUT2D eigenvalue weighted by molar-refractivity contribution is 1.13. The number of nitrogens with two attached hydrogens (primary N) is 1. The van der Waals surface area contributed by atoms with Gasteiger partial charge < -0.3 is 10.3 Å². The molecule has 0 aliphatic carbocycles.